The van der Waals surface area contributed by atoms with Crippen LogP contribution in [0, 0.1) is 13.8 Å². The van der Waals surface area contributed by atoms with Crippen molar-refractivity contribution in [2.24, 2.45) is 4.99 Å². The third-order valence-corrected chi connectivity index (χ3v) is 8.05. The number of rotatable bonds is 3. The van der Waals surface area contributed by atoms with Crippen LogP contribution in [-0.2, 0) is 19.4 Å². The van der Waals surface area contributed by atoms with E-state index in [1.807, 2.05) is 36.9 Å². The first-order valence-corrected chi connectivity index (χ1v) is 12.4. The molecule has 2 aliphatic heterocycles. The molecule has 3 rings (SSSR count). The van der Waals surface area contributed by atoms with E-state index in [0.29, 0.717) is 5.17 Å². The van der Waals surface area contributed by atoms with E-state index in [1.54, 1.807) is 20.8 Å². The van der Waals surface area contributed by atoms with Gasteiger partial charge in [0.1, 0.15) is 12.1 Å². The van der Waals surface area contributed by atoms with Gasteiger partial charge in [-0.1, -0.05) is 17.8 Å². The molecule has 0 spiro atoms. The number of benzene rings is 1. The molecule has 2 unspecified atom stereocenters. The van der Waals surface area contributed by atoms with Crippen molar-refractivity contribution in [3.05, 3.63) is 29.3 Å². The Morgan fingerprint density at radius 2 is 1.93 bits per heavy atom. The van der Waals surface area contributed by atoms with Crippen LogP contribution in [0.5, 0.6) is 0 Å². The lowest BCUT2D eigenvalue weighted by Gasteiger charge is -2.25. The predicted molar refractivity (Wildman–Crippen MR) is 119 cm³/mol. The number of amides is 2. The molecule has 30 heavy (non-hydrogen) atoms. The number of fused-ring (bicyclic) bond motifs is 1. The molecule has 0 bridgehead atoms. The van der Waals surface area contributed by atoms with Crippen LogP contribution in [0.25, 0.3) is 0 Å². The fraction of sp³-hybridized carbons (Fsp3) is 0.550. The van der Waals surface area contributed by atoms with Crippen molar-refractivity contribution < 1.29 is 22.7 Å². The van der Waals surface area contributed by atoms with Gasteiger partial charge in [-0.3, -0.25) is 4.79 Å². The average Bonchev–Trinajstić information content (AvgIpc) is 3.05. The molecule has 0 radical (unpaired) electrons. The molecule has 1 N–H and O–H groups in total. The van der Waals surface area contributed by atoms with Crippen LogP contribution in [0.4, 0.5) is 10.5 Å². The summed E-state index contributed by atoms with van der Waals surface area (Å²) in [7, 11) is -3.13. The maximum absolute atomic E-state index is 12.4. The Morgan fingerprint density at radius 3 is 2.57 bits per heavy atom. The lowest BCUT2D eigenvalue weighted by atomic mass is 10.1. The highest BCUT2D eigenvalue weighted by Gasteiger charge is 2.49. The van der Waals surface area contributed by atoms with Crippen LogP contribution in [0.1, 0.15) is 31.9 Å². The first kappa shape index (κ1) is 22.6. The first-order chi connectivity index (χ1) is 13.8. The summed E-state index contributed by atoms with van der Waals surface area (Å²) in [5, 5.41) is 2.68. The molecule has 2 amide bonds. The van der Waals surface area contributed by atoms with Gasteiger partial charge in [0.25, 0.3) is 5.91 Å². The predicted octanol–water partition coefficient (Wildman–Crippen LogP) is 2.43. The van der Waals surface area contributed by atoms with Gasteiger partial charge >= 0.3 is 6.09 Å². The van der Waals surface area contributed by atoms with E-state index in [-0.39, 0.29) is 29.3 Å². The fourth-order valence-electron chi connectivity index (χ4n) is 3.35. The molecule has 10 heteroatoms. The van der Waals surface area contributed by atoms with Crippen LogP contribution in [0.15, 0.2) is 23.2 Å². The number of aryl methyl sites for hydroxylation is 2. The highest BCUT2D eigenvalue weighted by atomic mass is 32.2. The normalized spacial score (nSPS) is 24.0. The molecule has 2 heterocycles. The van der Waals surface area contributed by atoms with Crippen molar-refractivity contribution >= 4 is 44.5 Å². The maximum Gasteiger partial charge on any atom is 0.408 e. The largest absolute Gasteiger partial charge is 0.444 e. The summed E-state index contributed by atoms with van der Waals surface area (Å²) in [4.78, 5) is 30.2. The summed E-state index contributed by atoms with van der Waals surface area (Å²) in [6, 6.07) is 5.58. The minimum absolute atomic E-state index is 0.0287. The number of alkyl carbamates (subject to hydrolysis) is 1. The van der Waals surface area contributed by atoms with E-state index >= 15 is 0 Å². The molecule has 0 aromatic heterocycles. The molecule has 2 atom stereocenters. The highest BCUT2D eigenvalue weighted by Crippen LogP contribution is 2.41. The summed E-state index contributed by atoms with van der Waals surface area (Å²) >= 11 is 1.30. The number of nitrogens with one attached hydrogen (secondary N) is 1. The number of nitrogens with zero attached hydrogens (tertiary/aromatic N) is 2. The Labute approximate surface area is 181 Å². The number of amidine groups is 1. The molecule has 1 aromatic rings. The first-order valence-electron chi connectivity index (χ1n) is 9.66. The third-order valence-electron chi connectivity index (χ3n) is 4.84. The molecule has 8 nitrogen and oxygen atoms in total. The van der Waals surface area contributed by atoms with Gasteiger partial charge < -0.3 is 15.0 Å². The van der Waals surface area contributed by atoms with Gasteiger partial charge in [-0.25, -0.2) is 13.2 Å². The Morgan fingerprint density at radius 1 is 1.23 bits per heavy atom. The van der Waals surface area contributed by atoms with Crippen molar-refractivity contribution in [3.63, 3.8) is 0 Å². The zero-order valence-corrected chi connectivity index (χ0v) is 19.4. The number of sulfone groups is 1. The second-order valence-electron chi connectivity index (χ2n) is 8.58. The molecule has 164 valence electrons. The van der Waals surface area contributed by atoms with Crippen molar-refractivity contribution in [1.82, 2.24) is 5.32 Å². The number of hydrogen-bond acceptors (Lipinski definition) is 6. The molecule has 0 aliphatic carbocycles. The number of carbonyl (C=O) groups is 2. The molecular weight excluding hydrogens is 426 g/mol. The van der Waals surface area contributed by atoms with E-state index in [1.165, 1.54) is 11.8 Å². The van der Waals surface area contributed by atoms with E-state index in [0.717, 1.165) is 16.8 Å². The average molecular weight is 454 g/mol. The van der Waals surface area contributed by atoms with E-state index in [9.17, 15) is 18.0 Å². The number of ether oxygens (including phenoxy) is 1. The number of anilines is 1. The quantitative estimate of drug-likeness (QED) is 0.749. The topological polar surface area (TPSA) is 105 Å². The van der Waals surface area contributed by atoms with Crippen LogP contribution in [0.3, 0.4) is 0 Å². The maximum atomic E-state index is 12.4. The molecule has 1 aromatic carbocycles. The summed E-state index contributed by atoms with van der Waals surface area (Å²) in [6.45, 7) is 8.89. The number of carbonyl (C=O) groups excluding carboxylic acids is 2. The lowest BCUT2D eigenvalue weighted by Crippen LogP contribution is -2.38. The zero-order chi connectivity index (χ0) is 22.3. The Balaban J connectivity index is 1.80. The number of hydrogen-bond donors (Lipinski definition) is 1. The summed E-state index contributed by atoms with van der Waals surface area (Å²) in [5.41, 5.74) is 2.34. The van der Waals surface area contributed by atoms with Crippen LogP contribution < -0.4 is 10.2 Å². The van der Waals surface area contributed by atoms with E-state index in [2.05, 4.69) is 10.3 Å². The minimum atomic E-state index is -3.13. The fourth-order valence-corrected chi connectivity index (χ4v) is 7.28. The van der Waals surface area contributed by atoms with Gasteiger partial charge in [-0.05, 0) is 57.9 Å². The third kappa shape index (κ3) is 5.34. The van der Waals surface area contributed by atoms with Gasteiger partial charge in [-0.2, -0.15) is 4.99 Å². The molecule has 0 saturated carbocycles. The van der Waals surface area contributed by atoms with Crippen LogP contribution in [-0.4, -0.2) is 60.5 Å². The van der Waals surface area contributed by atoms with Gasteiger partial charge in [0.2, 0.25) is 0 Å². The zero-order valence-electron chi connectivity index (χ0n) is 17.8. The van der Waals surface area contributed by atoms with Gasteiger partial charge in [0.15, 0.2) is 15.0 Å². The monoisotopic (exact) mass is 453 g/mol. The lowest BCUT2D eigenvalue weighted by molar-refractivity contribution is -0.117. The van der Waals surface area contributed by atoms with E-state index < -0.39 is 27.4 Å². The van der Waals surface area contributed by atoms with E-state index in [4.69, 9.17) is 4.74 Å². The summed E-state index contributed by atoms with van der Waals surface area (Å²) < 4.78 is 29.4. The van der Waals surface area contributed by atoms with Crippen molar-refractivity contribution in [2.45, 2.75) is 51.5 Å². The minimum Gasteiger partial charge on any atom is -0.444 e. The Kier molecular flexibility index (Phi) is 6.20. The number of aliphatic imine (C=N–C) groups is 1. The SMILES string of the molecule is Cc1ccc(N2C(=NC(=O)CNC(=O)OC(C)(C)C)SC3CS(=O)(=O)CC32)cc1C. The highest BCUT2D eigenvalue weighted by molar-refractivity contribution is 8.16. The second kappa shape index (κ2) is 8.22. The molecule has 2 fully saturated rings. The van der Waals surface area contributed by atoms with Crippen molar-refractivity contribution in [1.29, 1.82) is 0 Å². The molecule has 2 aliphatic rings. The smallest absolute Gasteiger partial charge is 0.408 e. The summed E-state index contributed by atoms with van der Waals surface area (Å²) in [5.74, 6) is -0.436. The Hall–Kier alpha value is -2.07. The second-order valence-corrected chi connectivity index (χ2v) is 11.9. The standard InChI is InChI=1S/C20H27N3O5S2/c1-12-6-7-14(8-13(12)2)23-15-10-30(26,27)11-16(15)29-18(23)22-17(24)9-21-19(25)28-20(3,4)5/h6-8,15-16H,9-11H2,1-5H3,(H,21,25). The van der Waals surface area contributed by atoms with Crippen LogP contribution >= 0.6 is 11.8 Å². The van der Waals surface area contributed by atoms with Gasteiger partial charge in [0, 0.05) is 10.9 Å². The molecular formula is C20H27N3O5S2. The van der Waals surface area contributed by atoms with Gasteiger partial charge in [-0.15, -0.1) is 0 Å². The Bertz CT molecular complexity index is 998. The summed E-state index contributed by atoms with van der Waals surface area (Å²) in [6.07, 6.45) is -0.691. The number of thioether (sulfide) groups is 1. The van der Waals surface area contributed by atoms with Crippen molar-refractivity contribution in [3.8, 4) is 0 Å². The van der Waals surface area contributed by atoms with Crippen LogP contribution in [0.2, 0.25) is 0 Å². The van der Waals surface area contributed by atoms with Gasteiger partial charge in [0.05, 0.1) is 17.5 Å². The molecule has 2 saturated heterocycles. The van der Waals surface area contributed by atoms with Crippen molar-refractivity contribution in [2.75, 3.05) is 23.0 Å².